The molecule has 0 aliphatic rings. The second kappa shape index (κ2) is 7.42. The lowest BCUT2D eigenvalue weighted by molar-refractivity contribution is 0.102. The number of nitrogens with one attached hydrogen (secondary N) is 1. The molecule has 0 fully saturated rings. The number of hydrogen-bond acceptors (Lipinski definition) is 5. The molecule has 2 aromatic heterocycles. The molecule has 134 valence electrons. The van der Waals surface area contributed by atoms with Gasteiger partial charge in [-0.15, -0.1) is 11.3 Å². The molecule has 4 aromatic rings. The molecular formula is C19H11BrFN3O2S. The van der Waals surface area contributed by atoms with Crippen molar-refractivity contribution in [1.82, 2.24) is 4.98 Å². The fraction of sp³-hybridized carbons (Fsp3) is 0. The van der Waals surface area contributed by atoms with Gasteiger partial charge in [-0.1, -0.05) is 15.9 Å². The van der Waals surface area contributed by atoms with Crippen LogP contribution < -0.4 is 10.9 Å². The van der Waals surface area contributed by atoms with Crippen molar-refractivity contribution in [3.63, 3.8) is 0 Å². The summed E-state index contributed by atoms with van der Waals surface area (Å²) < 4.78 is 19.9. The zero-order valence-electron chi connectivity index (χ0n) is 13.6. The minimum absolute atomic E-state index is 0.130. The predicted molar refractivity (Wildman–Crippen MR) is 106 cm³/mol. The summed E-state index contributed by atoms with van der Waals surface area (Å²) in [7, 11) is 0. The van der Waals surface area contributed by atoms with Gasteiger partial charge in [-0.2, -0.15) is 0 Å². The van der Waals surface area contributed by atoms with Crippen LogP contribution in [-0.2, 0) is 0 Å². The van der Waals surface area contributed by atoms with E-state index >= 15 is 0 Å². The molecule has 0 unspecified atom stereocenters. The summed E-state index contributed by atoms with van der Waals surface area (Å²) in [5, 5.41) is 5.71. The number of rotatable bonds is 3. The van der Waals surface area contributed by atoms with Crippen molar-refractivity contribution in [2.45, 2.75) is 0 Å². The Balaban J connectivity index is 1.87. The monoisotopic (exact) mass is 443 g/mol. The van der Waals surface area contributed by atoms with Gasteiger partial charge in [-0.25, -0.2) is 14.4 Å². The molecule has 27 heavy (non-hydrogen) atoms. The van der Waals surface area contributed by atoms with Crippen LogP contribution in [0.3, 0.4) is 0 Å². The SMILES string of the molecule is O=C(Nc1nccs1)c1cc2cc(Br)ccc2oc1=Nc1ccc(F)cc1. The molecule has 0 saturated heterocycles. The van der Waals surface area contributed by atoms with Gasteiger partial charge in [0.05, 0.1) is 5.69 Å². The summed E-state index contributed by atoms with van der Waals surface area (Å²) in [5.74, 6) is -0.757. The molecule has 0 aliphatic carbocycles. The number of carbonyl (C=O) groups excluding carboxylic acids is 1. The summed E-state index contributed by atoms with van der Waals surface area (Å²) in [4.78, 5) is 21.2. The number of nitrogens with zero attached hydrogens (tertiary/aromatic N) is 2. The van der Waals surface area contributed by atoms with E-state index in [1.807, 2.05) is 12.1 Å². The van der Waals surface area contributed by atoms with Crippen LogP contribution in [0.25, 0.3) is 11.0 Å². The Bertz CT molecular complexity index is 1190. The summed E-state index contributed by atoms with van der Waals surface area (Å²) >= 11 is 4.72. The number of hydrogen-bond donors (Lipinski definition) is 1. The molecule has 0 atom stereocenters. The lowest BCUT2D eigenvalue weighted by Crippen LogP contribution is -2.21. The van der Waals surface area contributed by atoms with Gasteiger partial charge in [0.25, 0.3) is 5.91 Å². The minimum atomic E-state index is -0.392. The number of thiazole rings is 1. The van der Waals surface area contributed by atoms with Crippen LogP contribution in [0.4, 0.5) is 15.2 Å². The van der Waals surface area contributed by atoms with Crippen molar-refractivity contribution in [1.29, 1.82) is 0 Å². The highest BCUT2D eigenvalue weighted by Gasteiger charge is 2.14. The number of carbonyl (C=O) groups is 1. The van der Waals surface area contributed by atoms with Crippen molar-refractivity contribution < 1.29 is 13.6 Å². The van der Waals surface area contributed by atoms with Gasteiger partial charge in [0.1, 0.15) is 17.0 Å². The highest BCUT2D eigenvalue weighted by atomic mass is 79.9. The zero-order valence-corrected chi connectivity index (χ0v) is 16.1. The van der Waals surface area contributed by atoms with E-state index in [1.165, 1.54) is 35.6 Å². The normalized spacial score (nSPS) is 11.7. The largest absolute Gasteiger partial charge is 0.438 e. The van der Waals surface area contributed by atoms with Crippen molar-refractivity contribution in [2.24, 2.45) is 4.99 Å². The topological polar surface area (TPSA) is 67.5 Å². The molecule has 8 heteroatoms. The minimum Gasteiger partial charge on any atom is -0.438 e. The number of fused-ring (bicyclic) bond motifs is 1. The van der Waals surface area contributed by atoms with Crippen molar-refractivity contribution in [3.05, 3.63) is 81.5 Å². The summed E-state index contributed by atoms with van der Waals surface area (Å²) in [5.41, 5.74) is 1.43. The quantitative estimate of drug-likeness (QED) is 0.468. The molecule has 1 amide bonds. The summed E-state index contributed by atoms with van der Waals surface area (Å²) in [6.45, 7) is 0. The molecule has 0 spiro atoms. The lowest BCUT2D eigenvalue weighted by Gasteiger charge is -2.05. The van der Waals surface area contributed by atoms with E-state index in [2.05, 4.69) is 31.2 Å². The fourth-order valence-corrected chi connectivity index (χ4v) is 3.33. The van der Waals surface area contributed by atoms with E-state index < -0.39 is 5.91 Å². The van der Waals surface area contributed by atoms with Crippen molar-refractivity contribution in [2.75, 3.05) is 5.32 Å². The standard InChI is InChI=1S/C19H11BrFN3O2S/c20-12-1-6-16-11(9-12)10-15(17(25)24-19-22-7-8-27-19)18(26-16)23-14-4-2-13(21)3-5-14/h1-10H,(H,22,24,25). The Labute approximate surface area is 165 Å². The van der Waals surface area contributed by atoms with E-state index in [9.17, 15) is 9.18 Å². The van der Waals surface area contributed by atoms with Crippen LogP contribution in [-0.4, -0.2) is 10.9 Å². The number of aromatic nitrogens is 1. The average Bonchev–Trinajstić information content (AvgIpc) is 3.16. The van der Waals surface area contributed by atoms with E-state index in [1.54, 1.807) is 23.7 Å². The maximum Gasteiger partial charge on any atom is 0.262 e. The lowest BCUT2D eigenvalue weighted by atomic mass is 10.1. The Morgan fingerprint density at radius 2 is 2.00 bits per heavy atom. The Morgan fingerprint density at radius 1 is 1.19 bits per heavy atom. The number of benzene rings is 2. The molecule has 0 radical (unpaired) electrons. The fourth-order valence-electron chi connectivity index (χ4n) is 2.43. The summed E-state index contributed by atoms with van der Waals surface area (Å²) in [6.07, 6.45) is 1.60. The summed E-state index contributed by atoms with van der Waals surface area (Å²) in [6, 6.07) is 12.8. The maximum absolute atomic E-state index is 13.2. The number of amides is 1. The Kier molecular flexibility index (Phi) is 4.83. The van der Waals surface area contributed by atoms with Gasteiger partial charge in [0.15, 0.2) is 5.13 Å². The van der Waals surface area contributed by atoms with Crippen molar-refractivity contribution >= 4 is 55.0 Å². The van der Waals surface area contributed by atoms with Crippen molar-refractivity contribution in [3.8, 4) is 0 Å². The molecule has 2 heterocycles. The molecule has 2 aromatic carbocycles. The first-order chi connectivity index (χ1) is 13.1. The van der Waals surface area contributed by atoms with E-state index in [-0.39, 0.29) is 16.9 Å². The second-order valence-corrected chi connectivity index (χ2v) is 7.34. The first-order valence-electron chi connectivity index (χ1n) is 7.83. The zero-order chi connectivity index (χ0) is 18.8. The predicted octanol–water partition coefficient (Wildman–Crippen LogP) is 5.28. The maximum atomic E-state index is 13.2. The third-order valence-electron chi connectivity index (χ3n) is 3.66. The van der Waals surface area contributed by atoms with Crippen LogP contribution in [0.15, 0.2) is 74.0 Å². The number of halogens is 2. The Morgan fingerprint density at radius 3 is 2.74 bits per heavy atom. The van der Waals surface area contributed by atoms with Crippen LogP contribution >= 0.6 is 27.3 Å². The first kappa shape index (κ1) is 17.6. The van der Waals surface area contributed by atoms with Crippen LogP contribution in [0.2, 0.25) is 0 Å². The highest BCUT2D eigenvalue weighted by Crippen LogP contribution is 2.21. The molecule has 5 nitrogen and oxygen atoms in total. The average molecular weight is 444 g/mol. The van der Waals surface area contributed by atoms with Gasteiger partial charge < -0.3 is 4.42 Å². The Hall–Kier alpha value is -2.84. The molecular weight excluding hydrogens is 433 g/mol. The van der Waals surface area contributed by atoms with Crippen LogP contribution in [0, 0.1) is 5.82 Å². The van der Waals surface area contributed by atoms with Gasteiger partial charge in [-0.05, 0) is 48.5 Å². The van der Waals surface area contributed by atoms with Gasteiger partial charge in [0, 0.05) is 21.4 Å². The third-order valence-corrected chi connectivity index (χ3v) is 4.85. The smallest absolute Gasteiger partial charge is 0.262 e. The molecule has 0 saturated carbocycles. The van der Waals surface area contributed by atoms with E-state index in [4.69, 9.17) is 4.42 Å². The molecule has 4 rings (SSSR count). The van der Waals surface area contributed by atoms with Crippen LogP contribution in [0.5, 0.6) is 0 Å². The first-order valence-corrected chi connectivity index (χ1v) is 9.50. The molecule has 1 N–H and O–H groups in total. The molecule has 0 bridgehead atoms. The number of anilines is 1. The third kappa shape index (κ3) is 3.96. The van der Waals surface area contributed by atoms with Gasteiger partial charge in [0.2, 0.25) is 5.55 Å². The highest BCUT2D eigenvalue weighted by molar-refractivity contribution is 9.10. The van der Waals surface area contributed by atoms with E-state index in [0.29, 0.717) is 16.4 Å². The van der Waals surface area contributed by atoms with Gasteiger partial charge >= 0.3 is 0 Å². The second-order valence-electron chi connectivity index (χ2n) is 5.53. The van der Waals surface area contributed by atoms with Crippen LogP contribution in [0.1, 0.15) is 10.4 Å². The van der Waals surface area contributed by atoms with E-state index in [0.717, 1.165) is 9.86 Å². The van der Waals surface area contributed by atoms with Gasteiger partial charge in [-0.3, -0.25) is 10.1 Å². The molecule has 0 aliphatic heterocycles.